The fraction of sp³-hybridized carbons (Fsp3) is 0.850. The zero-order valence-corrected chi connectivity index (χ0v) is 19.8. The van der Waals surface area contributed by atoms with Gasteiger partial charge < -0.3 is 29.3 Å². The number of ether oxygens (including phenoxy) is 3. The molecule has 168 valence electrons. The lowest BCUT2D eigenvalue weighted by Crippen LogP contribution is -2.73. The lowest BCUT2D eigenvalue weighted by Gasteiger charge is -2.53. The van der Waals surface area contributed by atoms with Gasteiger partial charge in [0.15, 0.2) is 11.9 Å². The molecule has 2 heterocycles. The van der Waals surface area contributed by atoms with E-state index >= 15 is 0 Å². The first-order chi connectivity index (χ1) is 13.6. The second-order valence-electron chi connectivity index (χ2n) is 7.81. The van der Waals surface area contributed by atoms with Gasteiger partial charge in [0.2, 0.25) is 0 Å². The van der Waals surface area contributed by atoms with Crippen LogP contribution >= 0.6 is 23.5 Å². The van der Waals surface area contributed by atoms with Gasteiger partial charge in [-0.1, -0.05) is 26.0 Å². The van der Waals surface area contributed by atoms with E-state index in [1.807, 2.05) is 20.8 Å². The molecule has 1 amide bonds. The molecule has 2 aliphatic rings. The summed E-state index contributed by atoms with van der Waals surface area (Å²) in [6, 6.07) is -0.957. The zero-order valence-electron chi connectivity index (χ0n) is 18.2. The number of β-lactam (4-membered cyclic amide) rings is 1. The average Bonchev–Trinajstić information content (AvgIpc) is 3.02. The predicted molar refractivity (Wildman–Crippen MR) is 117 cm³/mol. The molecule has 0 saturated carbocycles. The van der Waals surface area contributed by atoms with Gasteiger partial charge in [-0.15, -0.1) is 23.5 Å². The first-order valence-corrected chi connectivity index (χ1v) is 12.1. The summed E-state index contributed by atoms with van der Waals surface area (Å²) in [6.07, 6.45) is -3.67. The normalized spacial score (nSPS) is 29.6. The number of hydrogen-bond donors (Lipinski definition) is 2. The van der Waals surface area contributed by atoms with E-state index in [1.165, 1.54) is 7.11 Å². The van der Waals surface area contributed by atoms with Crippen molar-refractivity contribution in [3.8, 4) is 0 Å². The van der Waals surface area contributed by atoms with Crippen LogP contribution < -0.4 is 0 Å². The molecule has 0 aliphatic carbocycles. The summed E-state index contributed by atoms with van der Waals surface area (Å²) in [5.74, 6) is 0.630. The summed E-state index contributed by atoms with van der Waals surface area (Å²) >= 11 is 3.31. The molecule has 6 atom stereocenters. The third kappa shape index (κ3) is 5.31. The van der Waals surface area contributed by atoms with Crippen LogP contribution in [0.3, 0.4) is 0 Å². The molecule has 0 radical (unpaired) electrons. The zero-order chi connectivity index (χ0) is 21.9. The third-order valence-corrected chi connectivity index (χ3v) is 7.91. The largest absolute Gasteiger partial charge is 0.388 e. The Morgan fingerprint density at radius 1 is 1.34 bits per heavy atom. The molecule has 2 saturated heterocycles. The van der Waals surface area contributed by atoms with Crippen molar-refractivity contribution in [1.29, 1.82) is 0 Å². The maximum absolute atomic E-state index is 12.9. The van der Waals surface area contributed by atoms with E-state index in [0.717, 1.165) is 17.1 Å². The SMILES string of the molecule is C=C(C)[C@@H]1[C@H](OC)C(=O)N1[C@@H](C(SCC)SCC)[C@@H](O)[C@@H](O)[C@H]1COC(C)(C)O1. The fourth-order valence-corrected chi connectivity index (χ4v) is 6.71. The predicted octanol–water partition coefficient (Wildman–Crippen LogP) is 1.86. The van der Waals surface area contributed by atoms with Crippen LogP contribution in [0.4, 0.5) is 0 Å². The summed E-state index contributed by atoms with van der Waals surface area (Å²) in [5, 5.41) is 22.2. The van der Waals surface area contributed by atoms with Crippen molar-refractivity contribution >= 4 is 29.4 Å². The first-order valence-electron chi connectivity index (χ1n) is 10.0. The number of amides is 1. The van der Waals surface area contributed by atoms with Gasteiger partial charge in [0.1, 0.15) is 18.3 Å². The minimum Gasteiger partial charge on any atom is -0.388 e. The van der Waals surface area contributed by atoms with Gasteiger partial charge >= 0.3 is 0 Å². The highest BCUT2D eigenvalue weighted by Gasteiger charge is 2.56. The van der Waals surface area contributed by atoms with Crippen molar-refractivity contribution < 1.29 is 29.2 Å². The number of rotatable bonds is 11. The molecule has 9 heteroatoms. The number of likely N-dealkylation sites (tertiary alicyclic amines) is 1. The number of aliphatic hydroxyl groups is 2. The highest BCUT2D eigenvalue weighted by Crippen LogP contribution is 2.40. The van der Waals surface area contributed by atoms with E-state index in [2.05, 4.69) is 6.58 Å². The van der Waals surface area contributed by atoms with Crippen molar-refractivity contribution in [3.63, 3.8) is 0 Å². The van der Waals surface area contributed by atoms with Crippen LogP contribution in [-0.4, -0.2) is 93.1 Å². The standard InChI is InChI=1S/C20H35NO6S2/c1-8-28-19(29-9-2)14(21-13(11(3)4)17(25-7)18(21)24)16(23)15(22)12-10-26-20(5,6)27-12/h12-17,19,22-23H,3,8-10H2,1-2,4-7H3/t12-,13-,14-,15+,16-,17+/m1/s1. The van der Waals surface area contributed by atoms with Crippen LogP contribution in [0, 0.1) is 0 Å². The highest BCUT2D eigenvalue weighted by molar-refractivity contribution is 8.17. The summed E-state index contributed by atoms with van der Waals surface area (Å²) in [6.45, 7) is 13.7. The van der Waals surface area contributed by atoms with Gasteiger partial charge in [0.25, 0.3) is 5.91 Å². The number of hydrogen-bond acceptors (Lipinski definition) is 8. The monoisotopic (exact) mass is 449 g/mol. The molecule has 7 nitrogen and oxygen atoms in total. The third-order valence-electron chi connectivity index (χ3n) is 5.22. The Morgan fingerprint density at radius 2 is 1.93 bits per heavy atom. The van der Waals surface area contributed by atoms with Gasteiger partial charge in [-0.3, -0.25) is 4.79 Å². The Bertz CT molecular complexity index is 583. The maximum atomic E-state index is 12.9. The Balaban J connectivity index is 2.34. The minimum atomic E-state index is -1.20. The summed E-state index contributed by atoms with van der Waals surface area (Å²) in [4.78, 5) is 14.5. The van der Waals surface area contributed by atoms with Crippen LogP contribution in [-0.2, 0) is 19.0 Å². The van der Waals surface area contributed by atoms with Crippen LogP contribution in [0.25, 0.3) is 0 Å². The van der Waals surface area contributed by atoms with Gasteiger partial charge in [0.05, 0.1) is 23.3 Å². The number of carbonyl (C=O) groups is 1. The lowest BCUT2D eigenvalue weighted by atomic mass is 9.87. The van der Waals surface area contributed by atoms with E-state index in [4.69, 9.17) is 14.2 Å². The molecular formula is C20H35NO6S2. The molecule has 0 aromatic carbocycles. The number of nitrogens with zero attached hydrogens (tertiary/aromatic N) is 1. The van der Waals surface area contributed by atoms with Gasteiger partial charge in [-0.05, 0) is 32.3 Å². The molecule has 2 N–H and O–H groups in total. The molecule has 29 heavy (non-hydrogen) atoms. The molecule has 2 rings (SSSR count). The fourth-order valence-electron chi connectivity index (χ4n) is 3.88. The second kappa shape index (κ2) is 10.3. The summed E-state index contributed by atoms with van der Waals surface area (Å²) in [7, 11) is 1.50. The van der Waals surface area contributed by atoms with E-state index in [0.29, 0.717) is 0 Å². The molecule has 2 aliphatic heterocycles. The van der Waals surface area contributed by atoms with Crippen molar-refractivity contribution in [2.75, 3.05) is 25.2 Å². The van der Waals surface area contributed by atoms with Gasteiger partial charge in [-0.2, -0.15) is 0 Å². The molecule has 2 fully saturated rings. The number of thioether (sulfide) groups is 2. The Hall–Kier alpha value is -0.290. The molecule has 0 aromatic heterocycles. The topological polar surface area (TPSA) is 88.5 Å². The van der Waals surface area contributed by atoms with E-state index in [-0.39, 0.29) is 23.1 Å². The van der Waals surface area contributed by atoms with Gasteiger partial charge in [0, 0.05) is 7.11 Å². The average molecular weight is 450 g/mol. The van der Waals surface area contributed by atoms with Crippen LogP contribution in [0.1, 0.15) is 34.6 Å². The smallest absolute Gasteiger partial charge is 0.255 e. The van der Waals surface area contributed by atoms with E-state index in [9.17, 15) is 15.0 Å². The number of aliphatic hydroxyl groups excluding tert-OH is 2. The van der Waals surface area contributed by atoms with Crippen LogP contribution in [0.5, 0.6) is 0 Å². The molecule has 0 spiro atoms. The van der Waals surface area contributed by atoms with Gasteiger partial charge in [-0.25, -0.2) is 0 Å². The second-order valence-corrected chi connectivity index (χ2v) is 10.9. The van der Waals surface area contributed by atoms with E-state index < -0.39 is 36.2 Å². The van der Waals surface area contributed by atoms with Crippen molar-refractivity contribution in [1.82, 2.24) is 4.90 Å². The quantitative estimate of drug-likeness (QED) is 0.281. The van der Waals surface area contributed by atoms with Crippen molar-refractivity contribution in [3.05, 3.63) is 12.2 Å². The van der Waals surface area contributed by atoms with Crippen molar-refractivity contribution in [2.24, 2.45) is 0 Å². The van der Waals surface area contributed by atoms with Crippen LogP contribution in [0.2, 0.25) is 0 Å². The molecule has 0 unspecified atom stereocenters. The Labute approximate surface area is 182 Å². The van der Waals surface area contributed by atoms with Crippen LogP contribution in [0.15, 0.2) is 12.2 Å². The Morgan fingerprint density at radius 3 is 2.34 bits per heavy atom. The lowest BCUT2D eigenvalue weighted by molar-refractivity contribution is -0.186. The number of carbonyl (C=O) groups excluding carboxylic acids is 1. The minimum absolute atomic E-state index is 0.117. The molecule has 0 bridgehead atoms. The molecule has 0 aromatic rings. The van der Waals surface area contributed by atoms with E-state index in [1.54, 1.807) is 42.3 Å². The Kier molecular flexibility index (Phi) is 8.91. The summed E-state index contributed by atoms with van der Waals surface area (Å²) in [5.41, 5.74) is 0.784. The first kappa shape index (κ1) is 25.0. The highest BCUT2D eigenvalue weighted by atomic mass is 32.2. The van der Waals surface area contributed by atoms with Crippen molar-refractivity contribution in [2.45, 2.75) is 81.5 Å². The summed E-state index contributed by atoms with van der Waals surface area (Å²) < 4.78 is 16.6. The number of methoxy groups -OCH3 is 1. The molecular weight excluding hydrogens is 414 g/mol. The maximum Gasteiger partial charge on any atom is 0.255 e.